The van der Waals surface area contributed by atoms with Crippen LogP contribution >= 0.6 is 15.9 Å². The van der Waals surface area contributed by atoms with E-state index in [0.29, 0.717) is 17.4 Å². The van der Waals surface area contributed by atoms with E-state index in [2.05, 4.69) is 26.0 Å². The number of halogens is 1. The number of ether oxygens (including phenoxy) is 1. The average molecular weight is 302 g/mol. The maximum Gasteiger partial charge on any atom is 0.308 e. The lowest BCUT2D eigenvalue weighted by Gasteiger charge is -2.26. The van der Waals surface area contributed by atoms with Crippen molar-refractivity contribution in [3.05, 3.63) is 11.1 Å². The summed E-state index contributed by atoms with van der Waals surface area (Å²) in [4.78, 5) is 15.6. The molecule has 1 aliphatic rings. The summed E-state index contributed by atoms with van der Waals surface area (Å²) >= 11 is 3.24. The van der Waals surface area contributed by atoms with E-state index in [-0.39, 0.29) is 11.9 Å². The van der Waals surface area contributed by atoms with Gasteiger partial charge in [-0.2, -0.15) is 0 Å². The molecule has 17 heavy (non-hydrogen) atoms. The van der Waals surface area contributed by atoms with Crippen molar-refractivity contribution in [2.75, 3.05) is 6.61 Å². The van der Waals surface area contributed by atoms with Gasteiger partial charge < -0.3 is 4.74 Å². The minimum atomic E-state index is -0.0503. The summed E-state index contributed by atoms with van der Waals surface area (Å²) in [6, 6.07) is 0.361. The molecule has 1 aromatic rings. The second-order valence-corrected chi connectivity index (χ2v) is 4.96. The predicted molar refractivity (Wildman–Crippen MR) is 65.4 cm³/mol. The summed E-state index contributed by atoms with van der Waals surface area (Å²) in [6.07, 6.45) is 5.40. The summed E-state index contributed by atoms with van der Waals surface area (Å²) in [5, 5.41) is 4.25. The van der Waals surface area contributed by atoms with E-state index in [0.717, 1.165) is 25.7 Å². The molecule has 6 heteroatoms. The Bertz CT molecular complexity index is 386. The molecule has 1 fully saturated rings. The summed E-state index contributed by atoms with van der Waals surface area (Å²) in [6.45, 7) is 2.31. The van der Waals surface area contributed by atoms with Crippen molar-refractivity contribution in [1.82, 2.24) is 14.8 Å². The number of aromatic nitrogens is 3. The molecule has 0 amide bonds. The highest BCUT2D eigenvalue weighted by Gasteiger charge is 2.28. The Morgan fingerprint density at radius 2 is 2.24 bits per heavy atom. The summed E-state index contributed by atoms with van der Waals surface area (Å²) in [7, 11) is 0. The minimum Gasteiger partial charge on any atom is -0.466 e. The molecule has 0 aromatic carbocycles. The van der Waals surface area contributed by atoms with E-state index in [1.807, 2.05) is 11.6 Å². The molecule has 0 radical (unpaired) electrons. The van der Waals surface area contributed by atoms with E-state index < -0.39 is 0 Å². The van der Waals surface area contributed by atoms with Gasteiger partial charge in [0.25, 0.3) is 0 Å². The summed E-state index contributed by atoms with van der Waals surface area (Å²) < 4.78 is 7.54. The zero-order chi connectivity index (χ0) is 12.3. The third kappa shape index (κ3) is 3.06. The van der Waals surface area contributed by atoms with Crippen LogP contribution in [-0.2, 0) is 9.53 Å². The van der Waals surface area contributed by atoms with Crippen LogP contribution in [0.15, 0.2) is 11.1 Å². The van der Waals surface area contributed by atoms with Crippen molar-refractivity contribution in [3.63, 3.8) is 0 Å². The molecule has 0 aliphatic heterocycles. The lowest BCUT2D eigenvalue weighted by molar-refractivity contribution is -0.149. The molecule has 0 N–H and O–H groups in total. The van der Waals surface area contributed by atoms with Crippen molar-refractivity contribution in [1.29, 1.82) is 0 Å². The van der Waals surface area contributed by atoms with E-state index in [4.69, 9.17) is 4.74 Å². The van der Waals surface area contributed by atoms with Crippen molar-refractivity contribution in [3.8, 4) is 0 Å². The van der Waals surface area contributed by atoms with Crippen LogP contribution in [0.25, 0.3) is 0 Å². The van der Waals surface area contributed by atoms with Gasteiger partial charge in [-0.3, -0.25) is 4.79 Å². The number of hydrogen-bond acceptors (Lipinski definition) is 4. The van der Waals surface area contributed by atoms with Crippen LogP contribution in [0.5, 0.6) is 0 Å². The Labute approximate surface area is 109 Å². The number of carbonyl (C=O) groups excluding carboxylic acids is 1. The van der Waals surface area contributed by atoms with E-state index in [1.165, 1.54) is 0 Å². The van der Waals surface area contributed by atoms with Crippen molar-refractivity contribution in [2.45, 2.75) is 38.6 Å². The Balaban J connectivity index is 1.88. The van der Waals surface area contributed by atoms with Gasteiger partial charge in [-0.1, -0.05) is 0 Å². The second-order valence-electron chi connectivity index (χ2n) is 4.25. The van der Waals surface area contributed by atoms with E-state index >= 15 is 0 Å². The van der Waals surface area contributed by atoms with Gasteiger partial charge in [-0.05, 0) is 48.5 Å². The molecule has 0 saturated heterocycles. The maximum atomic E-state index is 11.6. The molecule has 1 saturated carbocycles. The molecule has 1 heterocycles. The lowest BCUT2D eigenvalue weighted by atomic mass is 9.86. The third-order valence-corrected chi connectivity index (χ3v) is 3.53. The Morgan fingerprint density at radius 1 is 1.53 bits per heavy atom. The molecular weight excluding hydrogens is 286 g/mol. The quantitative estimate of drug-likeness (QED) is 0.804. The predicted octanol–water partition coefficient (Wildman–Crippen LogP) is 2.33. The van der Waals surface area contributed by atoms with Crippen molar-refractivity contribution >= 4 is 21.9 Å². The Hall–Kier alpha value is -0.910. The Kier molecular flexibility index (Phi) is 4.15. The smallest absolute Gasteiger partial charge is 0.308 e. The molecule has 0 bridgehead atoms. The van der Waals surface area contributed by atoms with Gasteiger partial charge in [0.15, 0.2) is 0 Å². The topological polar surface area (TPSA) is 57.0 Å². The monoisotopic (exact) mass is 301 g/mol. The molecule has 1 aliphatic carbocycles. The molecule has 2 rings (SSSR count). The molecule has 0 unspecified atom stereocenters. The molecular formula is C11H16BrN3O2. The average Bonchev–Trinajstić information content (AvgIpc) is 2.76. The maximum absolute atomic E-state index is 11.6. The highest BCUT2D eigenvalue weighted by Crippen LogP contribution is 2.32. The van der Waals surface area contributed by atoms with Gasteiger partial charge in [0.05, 0.1) is 18.6 Å². The molecule has 94 valence electrons. The summed E-state index contributed by atoms with van der Waals surface area (Å²) in [5.41, 5.74) is 0. The number of nitrogens with zero attached hydrogens (tertiary/aromatic N) is 3. The number of carbonyl (C=O) groups is 1. The first-order chi connectivity index (χ1) is 8.20. The fourth-order valence-corrected chi connectivity index (χ4v) is 2.54. The minimum absolute atomic E-state index is 0.0503. The number of hydrogen-bond donors (Lipinski definition) is 0. The fourth-order valence-electron chi connectivity index (χ4n) is 2.27. The van der Waals surface area contributed by atoms with Crippen molar-refractivity contribution < 1.29 is 9.53 Å². The van der Waals surface area contributed by atoms with E-state index in [9.17, 15) is 4.79 Å². The molecule has 1 aromatic heterocycles. The SMILES string of the molecule is CCOC(=O)C1CCC(n2cnc(Br)n2)CC1. The Morgan fingerprint density at radius 3 is 2.76 bits per heavy atom. The van der Waals surface area contributed by atoms with Gasteiger partial charge in [-0.15, -0.1) is 5.10 Å². The molecule has 5 nitrogen and oxygen atoms in total. The number of rotatable bonds is 3. The second kappa shape index (κ2) is 5.62. The standard InChI is InChI=1S/C11H16BrN3O2/c1-2-17-10(16)8-3-5-9(6-4-8)15-7-13-11(12)14-15/h7-9H,2-6H2,1H3. The van der Waals surface area contributed by atoms with E-state index in [1.54, 1.807) is 6.33 Å². The highest BCUT2D eigenvalue weighted by molar-refractivity contribution is 9.10. The first kappa shape index (κ1) is 12.5. The van der Waals surface area contributed by atoms with Crippen LogP contribution in [0.4, 0.5) is 0 Å². The summed E-state index contributed by atoms with van der Waals surface area (Å²) in [5.74, 6) is 0.0175. The first-order valence-electron chi connectivity index (χ1n) is 5.94. The van der Waals surface area contributed by atoms with Gasteiger partial charge in [0, 0.05) is 0 Å². The van der Waals surface area contributed by atoms with Crippen LogP contribution in [0, 0.1) is 5.92 Å². The molecule has 0 atom stereocenters. The normalized spacial score (nSPS) is 24.6. The third-order valence-electron chi connectivity index (χ3n) is 3.17. The van der Waals surface area contributed by atoms with Gasteiger partial charge in [-0.25, -0.2) is 9.67 Å². The highest BCUT2D eigenvalue weighted by atomic mass is 79.9. The van der Waals surface area contributed by atoms with Crippen LogP contribution < -0.4 is 0 Å². The fraction of sp³-hybridized carbons (Fsp3) is 0.727. The molecule has 0 spiro atoms. The zero-order valence-electron chi connectivity index (χ0n) is 9.80. The first-order valence-corrected chi connectivity index (χ1v) is 6.73. The van der Waals surface area contributed by atoms with Gasteiger partial charge >= 0.3 is 5.97 Å². The zero-order valence-corrected chi connectivity index (χ0v) is 11.4. The van der Waals surface area contributed by atoms with Crippen LogP contribution in [-0.4, -0.2) is 27.3 Å². The van der Waals surface area contributed by atoms with Crippen LogP contribution in [0.1, 0.15) is 38.6 Å². The largest absolute Gasteiger partial charge is 0.466 e. The lowest BCUT2D eigenvalue weighted by Crippen LogP contribution is -2.25. The van der Waals surface area contributed by atoms with Crippen LogP contribution in [0.2, 0.25) is 0 Å². The van der Waals surface area contributed by atoms with Crippen molar-refractivity contribution in [2.24, 2.45) is 5.92 Å². The number of esters is 1. The van der Waals surface area contributed by atoms with Gasteiger partial charge in [0.2, 0.25) is 4.73 Å². The van der Waals surface area contributed by atoms with Gasteiger partial charge in [0.1, 0.15) is 6.33 Å². The van der Waals surface area contributed by atoms with Crippen LogP contribution in [0.3, 0.4) is 0 Å².